The molecule has 20 heavy (non-hydrogen) atoms. The smallest absolute Gasteiger partial charge is 0.335 e. The molecule has 0 heterocycles. The molecule has 0 aliphatic carbocycles. The predicted molar refractivity (Wildman–Crippen MR) is 76.6 cm³/mol. The molecule has 0 aromatic heterocycles. The molecule has 7 heteroatoms. The van der Waals surface area contributed by atoms with Gasteiger partial charge in [0.05, 0.1) is 22.9 Å². The van der Waals surface area contributed by atoms with Crippen LogP contribution in [0.5, 0.6) is 0 Å². The van der Waals surface area contributed by atoms with Crippen molar-refractivity contribution in [3.05, 3.63) is 28.8 Å². The van der Waals surface area contributed by atoms with Gasteiger partial charge < -0.3 is 20.1 Å². The highest BCUT2D eigenvalue weighted by Gasteiger charge is 2.14. The van der Waals surface area contributed by atoms with E-state index in [4.69, 9.17) is 21.4 Å². The van der Waals surface area contributed by atoms with Gasteiger partial charge in [0.2, 0.25) is 0 Å². The first kappa shape index (κ1) is 16.3. The number of amides is 2. The van der Waals surface area contributed by atoms with E-state index in [-0.39, 0.29) is 22.3 Å². The molecule has 0 atom stereocenters. The summed E-state index contributed by atoms with van der Waals surface area (Å²) in [5, 5.41) is 11.8. The van der Waals surface area contributed by atoms with Gasteiger partial charge in [-0.2, -0.15) is 0 Å². The monoisotopic (exact) mass is 300 g/mol. The van der Waals surface area contributed by atoms with Crippen LogP contribution >= 0.6 is 11.6 Å². The van der Waals surface area contributed by atoms with Crippen molar-refractivity contribution in [1.82, 2.24) is 4.90 Å². The molecule has 0 bridgehead atoms. The molecular weight excluding hydrogens is 284 g/mol. The lowest BCUT2D eigenvalue weighted by molar-refractivity contribution is 0.0697. The van der Waals surface area contributed by atoms with Crippen LogP contribution in [0.3, 0.4) is 0 Å². The third kappa shape index (κ3) is 4.40. The lowest BCUT2D eigenvalue weighted by Crippen LogP contribution is -2.37. The van der Waals surface area contributed by atoms with Crippen molar-refractivity contribution in [2.75, 3.05) is 32.1 Å². The number of methoxy groups -OCH3 is 1. The van der Waals surface area contributed by atoms with Crippen molar-refractivity contribution in [3.8, 4) is 0 Å². The second-order valence-electron chi connectivity index (χ2n) is 4.00. The zero-order valence-electron chi connectivity index (χ0n) is 11.4. The minimum Gasteiger partial charge on any atom is -0.478 e. The summed E-state index contributed by atoms with van der Waals surface area (Å²) in [4.78, 5) is 24.5. The molecule has 110 valence electrons. The van der Waals surface area contributed by atoms with Crippen molar-refractivity contribution in [2.45, 2.75) is 6.92 Å². The van der Waals surface area contributed by atoms with Gasteiger partial charge in [0.25, 0.3) is 0 Å². The van der Waals surface area contributed by atoms with Crippen LogP contribution in [0.15, 0.2) is 18.2 Å². The number of hydrogen-bond donors (Lipinski definition) is 2. The maximum absolute atomic E-state index is 12.0. The number of nitrogens with one attached hydrogen (secondary N) is 1. The van der Waals surface area contributed by atoms with E-state index in [2.05, 4.69) is 5.32 Å². The van der Waals surface area contributed by atoms with Crippen LogP contribution in [0.4, 0.5) is 10.5 Å². The maximum atomic E-state index is 12.0. The van der Waals surface area contributed by atoms with Crippen molar-refractivity contribution in [3.63, 3.8) is 0 Å². The summed E-state index contributed by atoms with van der Waals surface area (Å²) in [5.41, 5.74) is 0.331. The number of ether oxygens (including phenoxy) is 1. The standard InChI is InChI=1S/C13H17ClN2O4/c1-3-16(6-7-20-2)13(19)15-11-8-9(12(17)18)4-5-10(11)14/h4-5,8H,3,6-7H2,1-2H3,(H,15,19)(H,17,18). The Labute approximate surface area is 122 Å². The molecule has 1 aromatic rings. The number of carboxylic acids is 1. The Kier molecular flexibility index (Phi) is 6.27. The van der Waals surface area contributed by atoms with E-state index in [1.807, 2.05) is 6.92 Å². The van der Waals surface area contributed by atoms with Gasteiger partial charge in [-0.3, -0.25) is 0 Å². The van der Waals surface area contributed by atoms with Crippen LogP contribution in [0.2, 0.25) is 5.02 Å². The van der Waals surface area contributed by atoms with Crippen LogP contribution < -0.4 is 5.32 Å². The summed E-state index contributed by atoms with van der Waals surface area (Å²) in [5.74, 6) is -1.08. The summed E-state index contributed by atoms with van der Waals surface area (Å²) in [6, 6.07) is 3.79. The minimum atomic E-state index is -1.08. The average molecular weight is 301 g/mol. The first-order valence-corrected chi connectivity index (χ1v) is 6.45. The second kappa shape index (κ2) is 7.72. The summed E-state index contributed by atoms with van der Waals surface area (Å²) in [6.07, 6.45) is 0. The topological polar surface area (TPSA) is 78.9 Å². The number of halogens is 1. The summed E-state index contributed by atoms with van der Waals surface area (Å²) in [7, 11) is 1.55. The predicted octanol–water partition coefficient (Wildman–Crippen LogP) is 2.54. The molecule has 0 radical (unpaired) electrons. The number of likely N-dealkylation sites (N-methyl/N-ethyl adjacent to an activating group) is 1. The normalized spacial score (nSPS) is 10.2. The summed E-state index contributed by atoms with van der Waals surface area (Å²) in [6.45, 7) is 3.20. The number of carbonyl (C=O) groups excluding carboxylic acids is 1. The van der Waals surface area contributed by atoms with Crippen LogP contribution in [0.1, 0.15) is 17.3 Å². The third-order valence-corrected chi connectivity index (χ3v) is 3.02. The number of anilines is 1. The molecule has 6 nitrogen and oxygen atoms in total. The lowest BCUT2D eigenvalue weighted by atomic mass is 10.2. The van der Waals surface area contributed by atoms with Crippen molar-refractivity contribution >= 4 is 29.3 Å². The first-order chi connectivity index (χ1) is 9.49. The van der Waals surface area contributed by atoms with E-state index in [9.17, 15) is 9.59 Å². The van der Waals surface area contributed by atoms with Crippen LogP contribution in [-0.4, -0.2) is 48.8 Å². The van der Waals surface area contributed by atoms with Crippen molar-refractivity contribution < 1.29 is 19.4 Å². The SMILES string of the molecule is CCN(CCOC)C(=O)Nc1cc(C(=O)O)ccc1Cl. The van der Waals surface area contributed by atoms with Gasteiger partial charge in [-0.05, 0) is 25.1 Å². The largest absolute Gasteiger partial charge is 0.478 e. The number of aromatic carboxylic acids is 1. The van der Waals surface area contributed by atoms with Gasteiger partial charge in [-0.15, -0.1) is 0 Å². The molecule has 1 rings (SSSR count). The molecule has 0 saturated carbocycles. The molecule has 0 unspecified atom stereocenters. The number of hydrogen-bond acceptors (Lipinski definition) is 3. The number of carbonyl (C=O) groups is 2. The number of urea groups is 1. The van der Waals surface area contributed by atoms with Crippen LogP contribution in [0.25, 0.3) is 0 Å². The number of benzene rings is 1. The van der Waals surface area contributed by atoms with Crippen molar-refractivity contribution in [1.29, 1.82) is 0 Å². The molecule has 2 amide bonds. The molecule has 2 N–H and O–H groups in total. The Morgan fingerprint density at radius 2 is 2.15 bits per heavy atom. The molecule has 0 aliphatic rings. The van der Waals surface area contributed by atoms with Crippen molar-refractivity contribution in [2.24, 2.45) is 0 Å². The quantitative estimate of drug-likeness (QED) is 0.846. The molecular formula is C13H17ClN2O4. The summed E-state index contributed by atoms with van der Waals surface area (Å²) >= 11 is 5.95. The van der Waals surface area contributed by atoms with Gasteiger partial charge in [-0.1, -0.05) is 11.6 Å². The van der Waals surface area contributed by atoms with Gasteiger partial charge in [-0.25, -0.2) is 9.59 Å². The van der Waals surface area contributed by atoms with Gasteiger partial charge in [0, 0.05) is 20.2 Å². The van der Waals surface area contributed by atoms with E-state index in [0.29, 0.717) is 19.7 Å². The highest BCUT2D eigenvalue weighted by molar-refractivity contribution is 6.33. The molecule has 0 saturated heterocycles. The number of nitrogens with zero attached hydrogens (tertiary/aromatic N) is 1. The number of carboxylic acid groups (broad SMARTS) is 1. The fraction of sp³-hybridized carbons (Fsp3) is 0.385. The van der Waals surface area contributed by atoms with E-state index in [0.717, 1.165) is 0 Å². The minimum absolute atomic E-state index is 0.0599. The Hall–Kier alpha value is -1.79. The Bertz CT molecular complexity index is 493. The first-order valence-electron chi connectivity index (χ1n) is 6.07. The lowest BCUT2D eigenvalue weighted by Gasteiger charge is -2.21. The fourth-order valence-electron chi connectivity index (χ4n) is 1.55. The van der Waals surface area contributed by atoms with Gasteiger partial charge in [0.1, 0.15) is 0 Å². The zero-order valence-corrected chi connectivity index (χ0v) is 12.1. The molecule has 1 aromatic carbocycles. The van der Waals surface area contributed by atoms with E-state index < -0.39 is 5.97 Å². The second-order valence-corrected chi connectivity index (χ2v) is 4.41. The Balaban J connectivity index is 2.83. The fourth-order valence-corrected chi connectivity index (χ4v) is 1.72. The summed E-state index contributed by atoms with van der Waals surface area (Å²) < 4.78 is 4.92. The van der Waals surface area contributed by atoms with Gasteiger partial charge >= 0.3 is 12.0 Å². The number of rotatable bonds is 6. The Morgan fingerprint density at radius 3 is 2.70 bits per heavy atom. The van der Waals surface area contributed by atoms with E-state index in [1.165, 1.54) is 23.1 Å². The highest BCUT2D eigenvalue weighted by Crippen LogP contribution is 2.23. The average Bonchev–Trinajstić information content (AvgIpc) is 2.41. The van der Waals surface area contributed by atoms with E-state index in [1.54, 1.807) is 7.11 Å². The van der Waals surface area contributed by atoms with Crippen LogP contribution in [-0.2, 0) is 4.74 Å². The third-order valence-electron chi connectivity index (χ3n) is 2.69. The van der Waals surface area contributed by atoms with Gasteiger partial charge in [0.15, 0.2) is 0 Å². The molecule has 0 spiro atoms. The molecule has 0 fully saturated rings. The zero-order chi connectivity index (χ0) is 15.1. The Morgan fingerprint density at radius 1 is 1.45 bits per heavy atom. The maximum Gasteiger partial charge on any atom is 0.335 e. The van der Waals surface area contributed by atoms with Crippen LogP contribution in [0, 0.1) is 0 Å². The highest BCUT2D eigenvalue weighted by atomic mass is 35.5. The van der Waals surface area contributed by atoms with E-state index >= 15 is 0 Å². The molecule has 0 aliphatic heterocycles.